The van der Waals surface area contributed by atoms with Gasteiger partial charge in [0.25, 0.3) is 0 Å². The van der Waals surface area contributed by atoms with Crippen LogP contribution in [-0.4, -0.2) is 0 Å². The lowest BCUT2D eigenvalue weighted by Gasteiger charge is -2.20. The smallest absolute Gasteiger partial charge is 0.0270 e. The van der Waals surface area contributed by atoms with Crippen LogP contribution in [0.15, 0.2) is 60.7 Å². The number of rotatable bonds is 0. The second kappa shape index (κ2) is 9.21. The number of fused-ring (bicyclic) bond motifs is 2. The van der Waals surface area contributed by atoms with Crippen LogP contribution in [0.1, 0.15) is 70.2 Å². The van der Waals surface area contributed by atoms with Crippen LogP contribution in [0.5, 0.6) is 0 Å². The fourth-order valence-electron chi connectivity index (χ4n) is 5.53. The van der Waals surface area contributed by atoms with Gasteiger partial charge in [0.2, 0.25) is 0 Å². The second-order valence-electron chi connectivity index (χ2n) is 9.44. The van der Waals surface area contributed by atoms with Gasteiger partial charge in [-0.25, -0.2) is 0 Å². The van der Waals surface area contributed by atoms with Gasteiger partial charge in [-0.15, -0.1) is 0 Å². The highest BCUT2D eigenvalue weighted by molar-refractivity contribution is 5.41. The molecule has 8 rings (SSSR count). The predicted molar refractivity (Wildman–Crippen MR) is 127 cm³/mol. The summed E-state index contributed by atoms with van der Waals surface area (Å²) < 4.78 is 0. The molecule has 0 N–H and O–H groups in total. The summed E-state index contributed by atoms with van der Waals surface area (Å²) in [5, 5.41) is 0. The molecule has 0 fully saturated rings. The first-order chi connectivity index (χ1) is 14.8. The monoisotopic (exact) mass is 394 g/mol. The highest BCUT2D eigenvalue weighted by Gasteiger charge is 2.13. The summed E-state index contributed by atoms with van der Waals surface area (Å²) >= 11 is 0. The standard InChI is InChI=1S/C30H34/c1-6-23-16-18-24(19-17-23)7-5-15-30-28-13-3-10-25-8-2-9-26(20-25)11-4-14-29(30)22-27(12-1)21-28/h2,8-9,16-22H,1,3-7,10-15H2. The summed E-state index contributed by atoms with van der Waals surface area (Å²) in [6, 6.07) is 23.9. The van der Waals surface area contributed by atoms with Gasteiger partial charge in [-0.1, -0.05) is 60.7 Å². The minimum atomic E-state index is 1.20. The first kappa shape index (κ1) is 19.6. The van der Waals surface area contributed by atoms with Crippen LogP contribution in [0.2, 0.25) is 0 Å². The molecular formula is C30H34. The number of benzene rings is 3. The summed E-state index contributed by atoms with van der Waals surface area (Å²) in [6.45, 7) is 0. The fraction of sp³-hybridized carbons (Fsp3) is 0.400. The maximum atomic E-state index is 2.58. The van der Waals surface area contributed by atoms with Crippen LogP contribution >= 0.6 is 0 Å². The van der Waals surface area contributed by atoms with Gasteiger partial charge < -0.3 is 0 Å². The number of aryl methyl sites for hydroxylation is 7. The van der Waals surface area contributed by atoms with E-state index in [-0.39, 0.29) is 0 Å². The third kappa shape index (κ3) is 4.69. The lowest BCUT2D eigenvalue weighted by molar-refractivity contribution is 0.738. The van der Waals surface area contributed by atoms with E-state index in [9.17, 15) is 0 Å². The Morgan fingerprint density at radius 1 is 0.367 bits per heavy atom. The SMILES string of the molecule is c1cc2cc(c1)CCCc1cc3cc(c1CCCc1ccc(cc1)CCC3)CCC2. The van der Waals surface area contributed by atoms with E-state index in [0.29, 0.717) is 0 Å². The van der Waals surface area contributed by atoms with Crippen molar-refractivity contribution in [3.63, 3.8) is 0 Å². The van der Waals surface area contributed by atoms with Crippen LogP contribution in [0.25, 0.3) is 0 Å². The van der Waals surface area contributed by atoms with E-state index < -0.39 is 0 Å². The molecule has 0 heteroatoms. The maximum Gasteiger partial charge on any atom is -0.0270 e. The van der Waals surface area contributed by atoms with E-state index in [1.807, 2.05) is 0 Å². The summed E-state index contributed by atoms with van der Waals surface area (Å²) in [6.07, 6.45) is 14.8. The molecule has 5 aliphatic carbocycles. The Labute approximate surface area is 182 Å². The molecular weight excluding hydrogens is 360 g/mol. The van der Waals surface area contributed by atoms with Crippen LogP contribution in [0, 0.1) is 0 Å². The van der Waals surface area contributed by atoms with Crippen molar-refractivity contribution < 1.29 is 0 Å². The normalized spacial score (nSPS) is 17.1. The molecule has 0 heterocycles. The molecule has 0 saturated heterocycles. The van der Waals surface area contributed by atoms with Gasteiger partial charge in [0, 0.05) is 0 Å². The van der Waals surface area contributed by atoms with Gasteiger partial charge in [0.05, 0.1) is 0 Å². The van der Waals surface area contributed by atoms with E-state index in [1.54, 1.807) is 22.3 Å². The molecule has 154 valence electrons. The van der Waals surface area contributed by atoms with E-state index >= 15 is 0 Å². The third-order valence-electron chi connectivity index (χ3n) is 7.16. The van der Waals surface area contributed by atoms with Crippen LogP contribution < -0.4 is 0 Å². The molecule has 0 saturated carbocycles. The first-order valence-corrected chi connectivity index (χ1v) is 12.1. The molecule has 0 unspecified atom stereocenters. The van der Waals surface area contributed by atoms with Crippen LogP contribution in [0.4, 0.5) is 0 Å². The molecule has 3 aromatic rings. The molecule has 0 aliphatic heterocycles. The molecule has 0 radical (unpaired) electrons. The fourth-order valence-corrected chi connectivity index (χ4v) is 5.53. The highest BCUT2D eigenvalue weighted by Crippen LogP contribution is 2.27. The molecule has 3 aromatic carbocycles. The summed E-state index contributed by atoms with van der Waals surface area (Å²) in [5.41, 5.74) is 12.6. The minimum absolute atomic E-state index is 1.20. The zero-order valence-corrected chi connectivity index (χ0v) is 18.3. The molecule has 8 bridgehead atoms. The van der Waals surface area contributed by atoms with Gasteiger partial charge in [-0.2, -0.15) is 0 Å². The lowest BCUT2D eigenvalue weighted by atomic mass is 9.86. The van der Waals surface area contributed by atoms with E-state index in [4.69, 9.17) is 0 Å². The molecule has 0 atom stereocenters. The summed E-state index contributed by atoms with van der Waals surface area (Å²) in [4.78, 5) is 0. The minimum Gasteiger partial charge on any atom is -0.0617 e. The molecule has 30 heavy (non-hydrogen) atoms. The van der Waals surface area contributed by atoms with Crippen molar-refractivity contribution in [1.29, 1.82) is 0 Å². The molecule has 5 aliphatic rings. The van der Waals surface area contributed by atoms with Crippen LogP contribution in [-0.2, 0) is 51.4 Å². The molecule has 0 nitrogen and oxygen atoms in total. The second-order valence-corrected chi connectivity index (χ2v) is 9.44. The third-order valence-corrected chi connectivity index (χ3v) is 7.16. The topological polar surface area (TPSA) is 0 Å². The van der Waals surface area contributed by atoms with Crippen molar-refractivity contribution >= 4 is 0 Å². The van der Waals surface area contributed by atoms with Crippen LogP contribution in [0.3, 0.4) is 0 Å². The van der Waals surface area contributed by atoms with Gasteiger partial charge in [-0.05, 0) is 122 Å². The molecule has 0 aromatic heterocycles. The summed E-state index contributed by atoms with van der Waals surface area (Å²) in [7, 11) is 0. The maximum absolute atomic E-state index is 2.58. The van der Waals surface area contributed by atoms with Crippen molar-refractivity contribution in [2.24, 2.45) is 0 Å². The first-order valence-electron chi connectivity index (χ1n) is 12.1. The van der Waals surface area contributed by atoms with Crippen molar-refractivity contribution in [2.75, 3.05) is 0 Å². The zero-order valence-electron chi connectivity index (χ0n) is 18.3. The zero-order chi connectivity index (χ0) is 20.2. The Morgan fingerprint density at radius 3 is 1.43 bits per heavy atom. The predicted octanol–water partition coefficient (Wildman–Crippen LogP) is 7.01. The number of hydrogen-bond donors (Lipinski definition) is 0. The average molecular weight is 395 g/mol. The van der Waals surface area contributed by atoms with Gasteiger partial charge >= 0.3 is 0 Å². The van der Waals surface area contributed by atoms with Gasteiger partial charge in [0.1, 0.15) is 0 Å². The lowest BCUT2D eigenvalue weighted by Crippen LogP contribution is -2.07. The number of hydrogen-bond acceptors (Lipinski definition) is 0. The largest absolute Gasteiger partial charge is 0.0617 e. The van der Waals surface area contributed by atoms with Crippen molar-refractivity contribution in [1.82, 2.24) is 0 Å². The highest BCUT2D eigenvalue weighted by atomic mass is 14.2. The van der Waals surface area contributed by atoms with Gasteiger partial charge in [-0.3, -0.25) is 0 Å². The average Bonchev–Trinajstić information content (AvgIpc) is 2.76. The van der Waals surface area contributed by atoms with E-state index in [1.165, 1.54) is 99.3 Å². The van der Waals surface area contributed by atoms with Crippen molar-refractivity contribution in [2.45, 2.75) is 77.0 Å². The Kier molecular flexibility index (Phi) is 6.02. The van der Waals surface area contributed by atoms with Gasteiger partial charge in [0.15, 0.2) is 0 Å². The summed E-state index contributed by atoms with van der Waals surface area (Å²) in [5.74, 6) is 0. The Morgan fingerprint density at radius 2 is 0.833 bits per heavy atom. The van der Waals surface area contributed by atoms with Crippen molar-refractivity contribution in [3.05, 3.63) is 105 Å². The Balaban J connectivity index is 1.46. The Hall–Kier alpha value is -2.34. The van der Waals surface area contributed by atoms with E-state index in [0.717, 1.165) is 0 Å². The Bertz CT molecular complexity index is 947. The molecule has 0 amide bonds. The van der Waals surface area contributed by atoms with E-state index in [2.05, 4.69) is 60.7 Å². The quantitative estimate of drug-likeness (QED) is 0.384. The van der Waals surface area contributed by atoms with Crippen molar-refractivity contribution in [3.8, 4) is 0 Å². The molecule has 0 spiro atoms.